The maximum atomic E-state index is 14.4. The van der Waals surface area contributed by atoms with Crippen molar-refractivity contribution in [2.45, 2.75) is 101 Å². The molecule has 289 valence electrons. The molecule has 0 saturated carbocycles. The van der Waals surface area contributed by atoms with Crippen molar-refractivity contribution in [2.24, 2.45) is 0 Å². The van der Waals surface area contributed by atoms with Crippen LogP contribution >= 0.6 is 0 Å². The first-order chi connectivity index (χ1) is 22.5. The summed E-state index contributed by atoms with van der Waals surface area (Å²) in [6, 6.07) is 7.09. The molecule has 2 aromatic rings. The van der Waals surface area contributed by atoms with E-state index >= 15 is 0 Å². The standard InChI is InChI=1S/C32H37F12O6.Y/c1-7-47-25(3,29(33,34)35)20-10-8-12-22(14-20)27(5,31(39,40)41)49-17-24(46)18-50-28(6,32(42,43)44)23-13-9-11-21(15-23)26(4,30(36,37)38)48-16-19(2)45;/h8,10-15,19,24,45-46H,7,16-18H2,1-6H3;/q-1;. The number of halogens is 12. The Morgan fingerprint density at radius 2 is 0.882 bits per heavy atom. The number of ether oxygens (including phenoxy) is 4. The summed E-state index contributed by atoms with van der Waals surface area (Å²) in [5.41, 5.74) is -16.5. The van der Waals surface area contributed by atoms with E-state index in [2.05, 4.69) is 6.07 Å². The van der Waals surface area contributed by atoms with Crippen molar-refractivity contribution in [2.75, 3.05) is 26.4 Å². The van der Waals surface area contributed by atoms with Crippen molar-refractivity contribution in [3.63, 3.8) is 0 Å². The van der Waals surface area contributed by atoms with Gasteiger partial charge in [-0.05, 0) is 58.7 Å². The summed E-state index contributed by atoms with van der Waals surface area (Å²) in [7, 11) is 0. The first-order valence-corrected chi connectivity index (χ1v) is 14.8. The Morgan fingerprint density at radius 3 is 1.22 bits per heavy atom. The Bertz CT molecular complexity index is 1420. The molecule has 6 unspecified atom stereocenters. The van der Waals surface area contributed by atoms with Gasteiger partial charge in [0.05, 0.1) is 25.9 Å². The predicted molar refractivity (Wildman–Crippen MR) is 153 cm³/mol. The molecule has 2 aromatic carbocycles. The molecule has 19 heteroatoms. The third-order valence-electron chi connectivity index (χ3n) is 8.19. The van der Waals surface area contributed by atoms with Gasteiger partial charge < -0.3 is 29.2 Å². The van der Waals surface area contributed by atoms with Crippen LogP contribution in [0, 0.1) is 6.07 Å². The summed E-state index contributed by atoms with van der Waals surface area (Å²) < 4.78 is 190. The normalized spacial score (nSPS) is 19.1. The fourth-order valence-electron chi connectivity index (χ4n) is 4.60. The van der Waals surface area contributed by atoms with Gasteiger partial charge in [-0.25, -0.2) is 0 Å². The fraction of sp³-hybridized carbons (Fsp3) is 0.625. The molecule has 0 saturated heterocycles. The van der Waals surface area contributed by atoms with Crippen molar-refractivity contribution in [1.82, 2.24) is 0 Å². The number of alkyl halides is 12. The molecule has 2 N–H and O–H groups in total. The number of aliphatic hydroxyl groups excluding tert-OH is 2. The van der Waals surface area contributed by atoms with E-state index in [-0.39, 0.29) is 32.7 Å². The topological polar surface area (TPSA) is 77.4 Å². The summed E-state index contributed by atoms with van der Waals surface area (Å²) in [6.45, 7) is 0.270. The SMILES string of the molecule is CCOC(C)(c1cccc(C(C)(OCC(O)COC(C)(c2c[c-]cc(C(C)(OCC(C)O)C(F)(F)F)c2)C(F)(F)F)C(F)(F)F)c1)C(F)(F)F.[Y]. The van der Waals surface area contributed by atoms with Gasteiger partial charge in [0.2, 0.25) is 0 Å². The zero-order valence-corrected chi connectivity index (χ0v) is 31.0. The van der Waals surface area contributed by atoms with Gasteiger partial charge in [0, 0.05) is 39.3 Å². The molecule has 2 rings (SSSR count). The second-order valence-corrected chi connectivity index (χ2v) is 12.1. The van der Waals surface area contributed by atoms with E-state index in [4.69, 9.17) is 18.9 Å². The smallest absolute Gasteiger partial charge is 0.391 e. The van der Waals surface area contributed by atoms with E-state index in [0.29, 0.717) is 52.0 Å². The molecule has 6 nitrogen and oxygen atoms in total. The largest absolute Gasteiger partial charge is 0.421 e. The van der Waals surface area contributed by atoms with Crippen LogP contribution in [0.15, 0.2) is 42.5 Å². The van der Waals surface area contributed by atoms with Crippen molar-refractivity contribution < 1.29 is 115 Å². The van der Waals surface area contributed by atoms with Gasteiger partial charge in [0.25, 0.3) is 0 Å². The van der Waals surface area contributed by atoms with Gasteiger partial charge in [0.1, 0.15) is 17.3 Å². The van der Waals surface area contributed by atoms with Crippen LogP contribution in [0.2, 0.25) is 0 Å². The Morgan fingerprint density at radius 1 is 0.569 bits per heavy atom. The van der Waals surface area contributed by atoms with Crippen LogP contribution in [0.4, 0.5) is 52.7 Å². The number of hydrogen-bond donors (Lipinski definition) is 2. The van der Waals surface area contributed by atoms with E-state index < -0.39 is 108 Å². The molecule has 6 atom stereocenters. The van der Waals surface area contributed by atoms with E-state index in [0.717, 1.165) is 25.1 Å². The molecule has 0 aliphatic heterocycles. The quantitative estimate of drug-likeness (QED) is 0.140. The minimum absolute atomic E-state index is 0. The summed E-state index contributed by atoms with van der Waals surface area (Å²) in [4.78, 5) is 0. The average molecular weight is 835 g/mol. The molecule has 0 aliphatic carbocycles. The van der Waals surface area contributed by atoms with Crippen molar-refractivity contribution in [3.05, 3.63) is 70.8 Å². The molecular formula is C32H37F12O6Y-. The van der Waals surface area contributed by atoms with Crippen LogP contribution in [0.5, 0.6) is 0 Å². The predicted octanol–water partition coefficient (Wildman–Crippen LogP) is 8.12. The first kappa shape index (κ1) is 47.5. The van der Waals surface area contributed by atoms with Crippen molar-refractivity contribution in [1.29, 1.82) is 0 Å². The molecule has 1 radical (unpaired) electrons. The van der Waals surface area contributed by atoms with Crippen LogP contribution in [-0.2, 0) is 74.1 Å². The van der Waals surface area contributed by atoms with E-state index in [1.165, 1.54) is 6.92 Å². The minimum Gasteiger partial charge on any atom is -0.391 e. The third kappa shape index (κ3) is 10.4. The Kier molecular flexibility index (Phi) is 15.7. The summed E-state index contributed by atoms with van der Waals surface area (Å²) in [5.74, 6) is 0. The van der Waals surface area contributed by atoms with E-state index in [1.54, 1.807) is 0 Å². The van der Waals surface area contributed by atoms with Crippen LogP contribution < -0.4 is 0 Å². The number of benzene rings is 2. The first-order valence-electron chi connectivity index (χ1n) is 14.8. The molecule has 0 spiro atoms. The van der Waals surface area contributed by atoms with E-state index in [1.807, 2.05) is 0 Å². The molecule has 0 aromatic heterocycles. The maximum Gasteiger partial charge on any atom is 0.421 e. The molecule has 0 bridgehead atoms. The monoisotopic (exact) mass is 834 g/mol. The Labute approximate surface area is 311 Å². The van der Waals surface area contributed by atoms with Crippen LogP contribution in [-0.4, -0.2) is 73.6 Å². The summed E-state index contributed by atoms with van der Waals surface area (Å²) in [5, 5.41) is 19.8. The summed E-state index contributed by atoms with van der Waals surface area (Å²) >= 11 is 0. The molecule has 0 heterocycles. The van der Waals surface area contributed by atoms with Gasteiger partial charge in [0.15, 0.2) is 11.2 Å². The van der Waals surface area contributed by atoms with Gasteiger partial charge in [-0.15, -0.1) is 11.1 Å². The van der Waals surface area contributed by atoms with Gasteiger partial charge >= 0.3 is 24.7 Å². The zero-order valence-electron chi connectivity index (χ0n) is 28.2. The number of hydrogen-bond acceptors (Lipinski definition) is 6. The second kappa shape index (κ2) is 16.9. The zero-order chi connectivity index (χ0) is 38.8. The maximum absolute atomic E-state index is 14.4. The fourth-order valence-corrected chi connectivity index (χ4v) is 4.60. The van der Waals surface area contributed by atoms with Gasteiger partial charge in [-0.1, -0.05) is 18.2 Å². The second-order valence-electron chi connectivity index (χ2n) is 12.1. The average Bonchev–Trinajstić information content (AvgIpc) is 2.99. The van der Waals surface area contributed by atoms with Crippen LogP contribution in [0.3, 0.4) is 0 Å². The number of rotatable bonds is 15. The van der Waals surface area contributed by atoms with Gasteiger partial charge in [-0.2, -0.15) is 77.0 Å². The number of aliphatic hydroxyl groups is 2. The van der Waals surface area contributed by atoms with E-state index in [9.17, 15) is 62.9 Å². The third-order valence-corrected chi connectivity index (χ3v) is 8.19. The van der Waals surface area contributed by atoms with Crippen molar-refractivity contribution in [3.8, 4) is 0 Å². The summed E-state index contributed by atoms with van der Waals surface area (Å²) in [6.07, 6.45) is -24.6. The van der Waals surface area contributed by atoms with Crippen LogP contribution in [0.25, 0.3) is 0 Å². The minimum atomic E-state index is -5.39. The molecule has 0 fully saturated rings. The van der Waals surface area contributed by atoms with Crippen LogP contribution in [0.1, 0.15) is 63.8 Å². The molecule has 0 aliphatic rings. The van der Waals surface area contributed by atoms with Gasteiger partial charge in [-0.3, -0.25) is 0 Å². The van der Waals surface area contributed by atoms with Crippen molar-refractivity contribution >= 4 is 0 Å². The Hall–Kier alpha value is -1.54. The molecular weight excluding hydrogens is 797 g/mol. The Balaban J connectivity index is 0.0000130. The molecule has 51 heavy (non-hydrogen) atoms. The molecule has 0 amide bonds.